The first-order chi connectivity index (χ1) is 12.9. The van der Waals surface area contributed by atoms with Gasteiger partial charge in [0.25, 0.3) is 0 Å². The van der Waals surface area contributed by atoms with Crippen LogP contribution in [0.3, 0.4) is 0 Å². The van der Waals surface area contributed by atoms with E-state index in [1.54, 1.807) is 6.07 Å². The van der Waals surface area contributed by atoms with Crippen LogP contribution in [0.4, 0.5) is 18.9 Å². The molecule has 0 unspecified atom stereocenters. The van der Waals surface area contributed by atoms with Gasteiger partial charge in [0, 0.05) is 19.2 Å². The molecule has 0 aliphatic carbocycles. The maximum Gasteiger partial charge on any atom is 0.573 e. The minimum absolute atomic E-state index is 0. The van der Waals surface area contributed by atoms with Crippen molar-refractivity contribution in [2.75, 3.05) is 11.9 Å². The van der Waals surface area contributed by atoms with Gasteiger partial charge in [-0.05, 0) is 30.7 Å². The molecule has 0 spiro atoms. The Balaban J connectivity index is 0.00000280. The van der Waals surface area contributed by atoms with Gasteiger partial charge < -0.3 is 15.8 Å². The topological polar surface area (TPSA) is 89.8 Å². The number of nitrogens with one attached hydrogen (secondary N) is 1. The molecule has 0 aliphatic rings. The molecule has 0 saturated carbocycles. The summed E-state index contributed by atoms with van der Waals surface area (Å²) in [4.78, 5) is 4.13. The van der Waals surface area contributed by atoms with Crippen LogP contribution >= 0.6 is 24.0 Å². The van der Waals surface area contributed by atoms with Crippen LogP contribution < -0.4 is 15.8 Å². The summed E-state index contributed by atoms with van der Waals surface area (Å²) in [5, 5.41) is 10.8. The molecule has 3 rings (SSSR count). The monoisotopic (exact) mass is 506 g/mol. The Morgan fingerprint density at radius 2 is 1.89 bits per heavy atom. The number of ether oxygens (including phenoxy) is 1. The number of halogens is 4. The van der Waals surface area contributed by atoms with Gasteiger partial charge in [0.05, 0.1) is 5.69 Å². The van der Waals surface area contributed by atoms with Crippen molar-refractivity contribution >= 4 is 41.3 Å². The highest BCUT2D eigenvalue weighted by Crippen LogP contribution is 2.29. The number of hydrogen-bond donors (Lipinski definition) is 2. The van der Waals surface area contributed by atoms with Crippen molar-refractivity contribution in [3.8, 4) is 5.75 Å². The maximum absolute atomic E-state index is 12.4. The molecule has 2 aromatic heterocycles. The molecule has 3 aromatic rings. The van der Waals surface area contributed by atoms with Crippen LogP contribution in [0.15, 0.2) is 53.7 Å². The fourth-order valence-electron chi connectivity index (χ4n) is 2.46. The van der Waals surface area contributed by atoms with E-state index >= 15 is 0 Å². The highest BCUT2D eigenvalue weighted by Gasteiger charge is 2.32. The number of hydrogen-bond acceptors (Lipinski definition) is 4. The van der Waals surface area contributed by atoms with Crippen LogP contribution in [0.1, 0.15) is 12.2 Å². The predicted octanol–water partition coefficient (Wildman–Crippen LogP) is 3.61. The molecular weight excluding hydrogens is 488 g/mol. The first-order valence-corrected chi connectivity index (χ1v) is 8.13. The molecule has 7 nitrogen and oxygen atoms in total. The van der Waals surface area contributed by atoms with E-state index < -0.39 is 6.36 Å². The number of rotatable bonds is 6. The molecule has 0 atom stereocenters. The van der Waals surface area contributed by atoms with E-state index in [-0.39, 0.29) is 41.4 Å². The van der Waals surface area contributed by atoms with Crippen molar-refractivity contribution in [1.29, 1.82) is 0 Å². The first kappa shape index (κ1) is 21.7. The van der Waals surface area contributed by atoms with Crippen molar-refractivity contribution in [2.24, 2.45) is 10.7 Å². The molecule has 150 valence electrons. The number of pyridine rings is 1. The summed E-state index contributed by atoms with van der Waals surface area (Å²) in [6.07, 6.45) is -1.62. The molecule has 0 radical (unpaired) electrons. The molecule has 3 N–H and O–H groups in total. The molecule has 0 saturated heterocycles. The molecule has 28 heavy (non-hydrogen) atoms. The lowest BCUT2D eigenvalue weighted by atomic mass is 10.3. The zero-order valence-corrected chi connectivity index (χ0v) is 16.9. The van der Waals surface area contributed by atoms with Crippen LogP contribution in [0.25, 0.3) is 5.65 Å². The van der Waals surface area contributed by atoms with E-state index in [0.717, 1.165) is 11.5 Å². The SMILES string of the molecule is I.NC(=NCCCc1nnc2ccccn12)Nc1ccccc1OC(F)(F)F. The van der Waals surface area contributed by atoms with Crippen LogP contribution in [0, 0.1) is 0 Å². The minimum atomic E-state index is -4.79. The van der Waals surface area contributed by atoms with Crippen LogP contribution in [0.5, 0.6) is 5.75 Å². The van der Waals surface area contributed by atoms with Gasteiger partial charge in [-0.2, -0.15) is 0 Å². The molecule has 0 aliphatic heterocycles. The smallest absolute Gasteiger partial charge is 0.404 e. The Morgan fingerprint density at radius 3 is 2.68 bits per heavy atom. The lowest BCUT2D eigenvalue weighted by Crippen LogP contribution is -2.24. The highest BCUT2D eigenvalue weighted by atomic mass is 127. The third-order valence-corrected chi connectivity index (χ3v) is 3.60. The summed E-state index contributed by atoms with van der Waals surface area (Å²) in [5.41, 5.74) is 6.60. The maximum atomic E-state index is 12.4. The van der Waals surface area contributed by atoms with Gasteiger partial charge >= 0.3 is 6.36 Å². The third kappa shape index (κ3) is 5.97. The summed E-state index contributed by atoms with van der Waals surface area (Å²) in [7, 11) is 0. The van der Waals surface area contributed by atoms with Crippen molar-refractivity contribution in [1.82, 2.24) is 14.6 Å². The van der Waals surface area contributed by atoms with Gasteiger partial charge in [0.2, 0.25) is 0 Å². The number of guanidine groups is 1. The number of fused-ring (bicyclic) bond motifs is 1. The Kier molecular flexibility index (Phi) is 7.43. The summed E-state index contributed by atoms with van der Waals surface area (Å²) in [5.74, 6) is 0.425. The fourth-order valence-corrected chi connectivity index (χ4v) is 2.46. The number of alkyl halides is 3. The molecule has 0 amide bonds. The molecular formula is C17H18F3IN6O. The fraction of sp³-hybridized carbons (Fsp3) is 0.235. The molecule has 1 aromatic carbocycles. The van der Waals surface area contributed by atoms with Gasteiger partial charge in [0.1, 0.15) is 5.82 Å². The zero-order chi connectivity index (χ0) is 19.3. The van der Waals surface area contributed by atoms with Gasteiger partial charge in [0.15, 0.2) is 17.4 Å². The van der Waals surface area contributed by atoms with Crippen molar-refractivity contribution in [3.63, 3.8) is 0 Å². The Bertz CT molecular complexity index is 944. The number of aromatic nitrogens is 3. The summed E-state index contributed by atoms with van der Waals surface area (Å²) >= 11 is 0. The van der Waals surface area contributed by atoms with E-state index in [0.29, 0.717) is 19.4 Å². The number of nitrogens with zero attached hydrogens (tertiary/aromatic N) is 4. The second-order valence-corrected chi connectivity index (χ2v) is 5.58. The average molecular weight is 506 g/mol. The van der Waals surface area contributed by atoms with E-state index in [1.807, 2.05) is 28.8 Å². The number of benzene rings is 1. The molecule has 11 heteroatoms. The molecule has 0 bridgehead atoms. The van der Waals surface area contributed by atoms with E-state index in [1.165, 1.54) is 18.2 Å². The summed E-state index contributed by atoms with van der Waals surface area (Å²) in [6.45, 7) is 0.378. The second-order valence-electron chi connectivity index (χ2n) is 5.58. The molecule has 0 fully saturated rings. The minimum Gasteiger partial charge on any atom is -0.404 e. The van der Waals surface area contributed by atoms with E-state index in [4.69, 9.17) is 5.73 Å². The predicted molar refractivity (Wildman–Crippen MR) is 110 cm³/mol. The van der Waals surface area contributed by atoms with E-state index in [9.17, 15) is 13.2 Å². The number of anilines is 1. The number of aryl methyl sites for hydroxylation is 1. The summed E-state index contributed by atoms with van der Waals surface area (Å²) in [6, 6.07) is 11.2. The van der Waals surface area contributed by atoms with Crippen LogP contribution in [-0.2, 0) is 6.42 Å². The van der Waals surface area contributed by atoms with Gasteiger partial charge in [-0.3, -0.25) is 9.39 Å². The number of aliphatic imine (C=N–C) groups is 1. The van der Waals surface area contributed by atoms with Crippen LogP contribution in [-0.4, -0.2) is 33.5 Å². The van der Waals surface area contributed by atoms with E-state index in [2.05, 4.69) is 25.2 Å². The third-order valence-electron chi connectivity index (χ3n) is 3.60. The number of nitrogens with two attached hydrogens (primary N) is 1. The van der Waals surface area contributed by atoms with Gasteiger partial charge in [-0.1, -0.05) is 18.2 Å². The standard InChI is InChI=1S/C17H17F3N6O.HI/c18-17(19,20)27-13-7-2-1-6-12(13)23-16(21)22-10-5-9-15-25-24-14-8-3-4-11-26(14)15;/h1-4,6-8,11H,5,9-10H2,(H3,21,22,23);1H. The van der Waals surface area contributed by atoms with Crippen LogP contribution in [0.2, 0.25) is 0 Å². The average Bonchev–Trinajstić information content (AvgIpc) is 3.02. The largest absolute Gasteiger partial charge is 0.573 e. The lowest BCUT2D eigenvalue weighted by molar-refractivity contribution is -0.274. The second kappa shape index (κ2) is 9.57. The first-order valence-electron chi connectivity index (χ1n) is 8.13. The molecule has 2 heterocycles. The number of para-hydroxylation sites is 2. The van der Waals surface area contributed by atoms with Crippen molar-refractivity contribution in [3.05, 3.63) is 54.5 Å². The summed E-state index contributed by atoms with van der Waals surface area (Å²) < 4.78 is 43.1. The Morgan fingerprint density at radius 1 is 1.14 bits per heavy atom. The highest BCUT2D eigenvalue weighted by molar-refractivity contribution is 14.0. The normalized spacial score (nSPS) is 11.9. The quantitative estimate of drug-likeness (QED) is 0.231. The van der Waals surface area contributed by atoms with Gasteiger partial charge in [-0.25, -0.2) is 0 Å². The van der Waals surface area contributed by atoms with Crippen molar-refractivity contribution < 1.29 is 17.9 Å². The zero-order valence-electron chi connectivity index (χ0n) is 14.6. The Labute approximate surface area is 175 Å². The Hall–Kier alpha value is -2.57. The van der Waals surface area contributed by atoms with Gasteiger partial charge in [-0.15, -0.1) is 47.3 Å². The van der Waals surface area contributed by atoms with Crippen molar-refractivity contribution in [2.45, 2.75) is 19.2 Å². The lowest BCUT2D eigenvalue weighted by Gasteiger charge is -2.14.